The lowest BCUT2D eigenvalue weighted by atomic mass is 10.1. The highest BCUT2D eigenvalue weighted by atomic mass is 16.5. The molecule has 0 bridgehead atoms. The summed E-state index contributed by atoms with van der Waals surface area (Å²) >= 11 is 0. The van der Waals surface area contributed by atoms with Crippen molar-refractivity contribution in [2.45, 2.75) is 45.8 Å². The van der Waals surface area contributed by atoms with E-state index in [0.29, 0.717) is 12.2 Å². The topological polar surface area (TPSA) is 55.8 Å². The molecule has 0 heterocycles. The number of hydrogen-bond acceptors (Lipinski definition) is 4. The Labute approximate surface area is 120 Å². The van der Waals surface area contributed by atoms with Crippen molar-refractivity contribution in [2.24, 2.45) is 0 Å². The van der Waals surface area contributed by atoms with Gasteiger partial charge in [-0.25, -0.2) is 4.79 Å². The van der Waals surface area contributed by atoms with Gasteiger partial charge in [0.2, 0.25) is 0 Å². The lowest BCUT2D eigenvalue weighted by Gasteiger charge is -2.25. The number of carbonyl (C=O) groups excluding carboxylic acids is 1. The number of hydrogen-bond donors (Lipinski definition) is 1. The Bertz CT molecular complexity index is 423. The molecule has 0 saturated heterocycles. The zero-order chi connectivity index (χ0) is 15.2. The van der Waals surface area contributed by atoms with Gasteiger partial charge in [0, 0.05) is 0 Å². The number of rotatable bonds is 7. The number of aliphatic hydroxyl groups is 1. The van der Waals surface area contributed by atoms with Gasteiger partial charge in [0.25, 0.3) is 0 Å². The van der Waals surface area contributed by atoms with Gasteiger partial charge >= 0.3 is 5.97 Å². The van der Waals surface area contributed by atoms with Crippen LogP contribution < -0.4 is 0 Å². The normalized spacial score (nSPS) is 13.1. The molecule has 1 aromatic rings. The van der Waals surface area contributed by atoms with Gasteiger partial charge in [-0.2, -0.15) is 0 Å². The number of benzene rings is 1. The average molecular weight is 280 g/mol. The first-order valence-electron chi connectivity index (χ1n) is 6.98. The molecule has 0 spiro atoms. The van der Waals surface area contributed by atoms with E-state index in [-0.39, 0.29) is 18.2 Å². The third-order valence-corrected chi connectivity index (χ3v) is 3.29. The minimum absolute atomic E-state index is 0.236. The summed E-state index contributed by atoms with van der Waals surface area (Å²) in [7, 11) is 0. The van der Waals surface area contributed by atoms with Gasteiger partial charge in [-0.15, -0.1) is 0 Å². The fourth-order valence-electron chi connectivity index (χ4n) is 1.56. The molecule has 4 heteroatoms. The van der Waals surface area contributed by atoms with Crippen LogP contribution in [-0.2, 0) is 9.47 Å². The van der Waals surface area contributed by atoms with Crippen LogP contribution in [0.15, 0.2) is 24.3 Å². The second-order valence-electron chi connectivity index (χ2n) is 5.28. The Morgan fingerprint density at radius 1 is 1.25 bits per heavy atom. The van der Waals surface area contributed by atoms with Crippen LogP contribution in [0.3, 0.4) is 0 Å². The maximum atomic E-state index is 11.5. The summed E-state index contributed by atoms with van der Waals surface area (Å²) in [5.41, 5.74) is 0.967. The molecular formula is C16H24O4. The molecule has 0 fully saturated rings. The molecular weight excluding hydrogens is 256 g/mol. The SMILES string of the molecule is CCOC(=O)c1ccc(C(O)COC(C)(C)CC)cc1. The molecule has 1 unspecified atom stereocenters. The third kappa shape index (κ3) is 4.94. The summed E-state index contributed by atoms with van der Waals surface area (Å²) in [5.74, 6) is -0.350. The van der Waals surface area contributed by atoms with E-state index >= 15 is 0 Å². The molecule has 1 rings (SSSR count). The Kier molecular flexibility index (Phi) is 6.17. The fourth-order valence-corrected chi connectivity index (χ4v) is 1.56. The predicted molar refractivity (Wildman–Crippen MR) is 77.7 cm³/mol. The minimum Gasteiger partial charge on any atom is -0.462 e. The van der Waals surface area contributed by atoms with Crippen LogP contribution in [-0.4, -0.2) is 29.9 Å². The van der Waals surface area contributed by atoms with Crippen LogP contribution in [0.5, 0.6) is 0 Å². The highest BCUT2D eigenvalue weighted by molar-refractivity contribution is 5.89. The predicted octanol–water partition coefficient (Wildman–Crippen LogP) is 3.10. The fraction of sp³-hybridized carbons (Fsp3) is 0.562. The van der Waals surface area contributed by atoms with Gasteiger partial charge in [0.05, 0.1) is 24.4 Å². The monoisotopic (exact) mass is 280 g/mol. The van der Waals surface area contributed by atoms with Crippen LogP contribution in [0, 0.1) is 0 Å². The van der Waals surface area contributed by atoms with Gasteiger partial charge in [0.15, 0.2) is 0 Å². The van der Waals surface area contributed by atoms with Crippen molar-refractivity contribution in [1.82, 2.24) is 0 Å². The number of ether oxygens (including phenoxy) is 2. The summed E-state index contributed by atoms with van der Waals surface area (Å²) in [5, 5.41) is 10.1. The first kappa shape index (κ1) is 16.7. The summed E-state index contributed by atoms with van der Waals surface area (Å²) in [4.78, 5) is 11.5. The summed E-state index contributed by atoms with van der Waals surface area (Å²) in [6.45, 7) is 8.37. The van der Waals surface area contributed by atoms with Gasteiger partial charge in [-0.05, 0) is 44.9 Å². The van der Waals surface area contributed by atoms with Crippen LogP contribution in [0.4, 0.5) is 0 Å². The summed E-state index contributed by atoms with van der Waals surface area (Å²) < 4.78 is 10.6. The maximum Gasteiger partial charge on any atom is 0.338 e. The molecule has 0 saturated carbocycles. The van der Waals surface area contributed by atoms with E-state index in [1.54, 1.807) is 31.2 Å². The average Bonchev–Trinajstić information content (AvgIpc) is 2.45. The van der Waals surface area contributed by atoms with E-state index in [4.69, 9.17) is 9.47 Å². The quantitative estimate of drug-likeness (QED) is 0.780. The molecule has 0 amide bonds. The van der Waals surface area contributed by atoms with Crippen LogP contribution in [0.1, 0.15) is 56.1 Å². The molecule has 0 aliphatic carbocycles. The maximum absolute atomic E-state index is 11.5. The van der Waals surface area contributed by atoms with E-state index in [1.807, 2.05) is 20.8 Å². The van der Waals surface area contributed by atoms with Crippen molar-refractivity contribution in [3.8, 4) is 0 Å². The van der Waals surface area contributed by atoms with Gasteiger partial charge in [0.1, 0.15) is 6.10 Å². The van der Waals surface area contributed by atoms with E-state index in [0.717, 1.165) is 12.0 Å². The first-order valence-corrected chi connectivity index (χ1v) is 6.98. The Balaban J connectivity index is 2.62. The number of carbonyl (C=O) groups is 1. The van der Waals surface area contributed by atoms with Crippen LogP contribution in [0.2, 0.25) is 0 Å². The number of aliphatic hydroxyl groups excluding tert-OH is 1. The van der Waals surface area contributed by atoms with E-state index in [2.05, 4.69) is 0 Å². The van der Waals surface area contributed by atoms with Crippen molar-refractivity contribution in [3.63, 3.8) is 0 Å². The van der Waals surface area contributed by atoms with Gasteiger partial charge in [-0.1, -0.05) is 19.1 Å². The number of esters is 1. The summed E-state index contributed by atoms with van der Waals surface area (Å²) in [6, 6.07) is 6.75. The molecule has 1 aromatic carbocycles. The molecule has 1 atom stereocenters. The molecule has 112 valence electrons. The Morgan fingerprint density at radius 2 is 1.85 bits per heavy atom. The standard InChI is InChI=1S/C16H24O4/c1-5-16(3,4)20-11-14(17)12-7-9-13(10-8-12)15(18)19-6-2/h7-10,14,17H,5-6,11H2,1-4H3. The zero-order valence-electron chi connectivity index (χ0n) is 12.7. The van der Waals surface area contributed by atoms with E-state index in [1.165, 1.54) is 0 Å². The third-order valence-electron chi connectivity index (χ3n) is 3.29. The van der Waals surface area contributed by atoms with E-state index < -0.39 is 6.10 Å². The molecule has 0 aliphatic heterocycles. The molecule has 0 aromatic heterocycles. The first-order chi connectivity index (χ1) is 9.39. The molecule has 20 heavy (non-hydrogen) atoms. The highest BCUT2D eigenvalue weighted by Gasteiger charge is 2.18. The molecule has 1 N–H and O–H groups in total. The van der Waals surface area contributed by atoms with Crippen molar-refractivity contribution in [2.75, 3.05) is 13.2 Å². The van der Waals surface area contributed by atoms with Crippen molar-refractivity contribution in [3.05, 3.63) is 35.4 Å². The van der Waals surface area contributed by atoms with Gasteiger partial charge in [-0.3, -0.25) is 0 Å². The minimum atomic E-state index is -0.697. The smallest absolute Gasteiger partial charge is 0.338 e. The molecule has 0 radical (unpaired) electrons. The lowest BCUT2D eigenvalue weighted by Crippen LogP contribution is -2.25. The summed E-state index contributed by atoms with van der Waals surface area (Å²) in [6.07, 6.45) is 0.179. The van der Waals surface area contributed by atoms with Gasteiger partial charge < -0.3 is 14.6 Å². The highest BCUT2D eigenvalue weighted by Crippen LogP contribution is 2.20. The largest absolute Gasteiger partial charge is 0.462 e. The van der Waals surface area contributed by atoms with Crippen LogP contribution in [0.25, 0.3) is 0 Å². The second kappa shape index (κ2) is 7.41. The second-order valence-corrected chi connectivity index (χ2v) is 5.28. The Morgan fingerprint density at radius 3 is 2.35 bits per heavy atom. The van der Waals surface area contributed by atoms with Crippen molar-refractivity contribution >= 4 is 5.97 Å². The van der Waals surface area contributed by atoms with Crippen molar-refractivity contribution in [1.29, 1.82) is 0 Å². The van der Waals surface area contributed by atoms with Crippen LogP contribution >= 0.6 is 0 Å². The van der Waals surface area contributed by atoms with Crippen molar-refractivity contribution < 1.29 is 19.4 Å². The lowest BCUT2D eigenvalue weighted by molar-refractivity contribution is -0.0618. The molecule has 4 nitrogen and oxygen atoms in total. The van der Waals surface area contributed by atoms with E-state index in [9.17, 15) is 9.90 Å². The Hall–Kier alpha value is -1.39. The zero-order valence-corrected chi connectivity index (χ0v) is 12.7. The molecule has 0 aliphatic rings.